The molecule has 0 saturated carbocycles. The summed E-state index contributed by atoms with van der Waals surface area (Å²) < 4.78 is 0. The highest BCUT2D eigenvalue weighted by Crippen LogP contribution is 2.45. The molecule has 0 unspecified atom stereocenters. The third kappa shape index (κ3) is 5.98. The van der Waals surface area contributed by atoms with E-state index in [1.807, 2.05) is 24.3 Å². The summed E-state index contributed by atoms with van der Waals surface area (Å²) in [7, 11) is 0. The molecular formula is C55H35N3. The molecule has 11 aromatic rings. The molecule has 270 valence electrons. The van der Waals surface area contributed by atoms with E-state index in [0.717, 1.165) is 27.6 Å². The van der Waals surface area contributed by atoms with Crippen LogP contribution in [0.5, 0.6) is 0 Å². The first-order valence-electron chi connectivity index (χ1n) is 19.7. The first-order chi connectivity index (χ1) is 28.7. The molecule has 0 spiro atoms. The summed E-state index contributed by atoms with van der Waals surface area (Å²) in [6.07, 6.45) is 0. The smallest absolute Gasteiger partial charge is 0.164 e. The second kappa shape index (κ2) is 14.1. The van der Waals surface area contributed by atoms with Gasteiger partial charge in [0.25, 0.3) is 0 Å². The lowest BCUT2D eigenvalue weighted by Gasteiger charge is -2.19. The molecule has 0 amide bonds. The number of nitrogens with zero attached hydrogens (tertiary/aromatic N) is 3. The Morgan fingerprint density at radius 1 is 0.207 bits per heavy atom. The van der Waals surface area contributed by atoms with Crippen molar-refractivity contribution in [1.82, 2.24) is 15.0 Å². The van der Waals surface area contributed by atoms with E-state index in [2.05, 4.69) is 188 Å². The minimum absolute atomic E-state index is 0.628. The summed E-state index contributed by atoms with van der Waals surface area (Å²) in [4.78, 5) is 15.4. The van der Waals surface area contributed by atoms with Crippen molar-refractivity contribution in [3.63, 3.8) is 0 Å². The molecule has 1 aromatic heterocycles. The van der Waals surface area contributed by atoms with Gasteiger partial charge in [-0.3, -0.25) is 0 Å². The van der Waals surface area contributed by atoms with E-state index in [1.165, 1.54) is 65.5 Å². The van der Waals surface area contributed by atoms with E-state index in [4.69, 9.17) is 15.0 Å². The van der Waals surface area contributed by atoms with E-state index in [1.54, 1.807) is 0 Å². The largest absolute Gasteiger partial charge is 0.208 e. The van der Waals surface area contributed by atoms with Crippen molar-refractivity contribution in [2.24, 2.45) is 0 Å². The summed E-state index contributed by atoms with van der Waals surface area (Å²) in [5, 5.41) is 9.61. The number of rotatable bonds is 6. The molecular weight excluding hydrogens is 703 g/mol. The zero-order valence-electron chi connectivity index (χ0n) is 31.5. The Balaban J connectivity index is 1.17. The Morgan fingerprint density at radius 2 is 0.569 bits per heavy atom. The fourth-order valence-electron chi connectivity index (χ4n) is 8.42. The summed E-state index contributed by atoms with van der Waals surface area (Å²) in [5.41, 5.74) is 9.88. The summed E-state index contributed by atoms with van der Waals surface area (Å²) >= 11 is 0. The summed E-state index contributed by atoms with van der Waals surface area (Å²) in [5.74, 6) is 1.90. The number of fused-ring (bicyclic) bond motifs is 4. The molecule has 0 radical (unpaired) electrons. The Morgan fingerprint density at radius 3 is 1.14 bits per heavy atom. The maximum absolute atomic E-state index is 5.21. The van der Waals surface area contributed by atoms with Crippen molar-refractivity contribution in [2.75, 3.05) is 0 Å². The van der Waals surface area contributed by atoms with Gasteiger partial charge in [0.1, 0.15) is 0 Å². The molecule has 0 bridgehead atoms. The molecule has 0 fully saturated rings. The normalized spacial score (nSPS) is 11.4. The van der Waals surface area contributed by atoms with Crippen LogP contribution in [0.3, 0.4) is 0 Å². The minimum Gasteiger partial charge on any atom is -0.208 e. The highest BCUT2D eigenvalue weighted by atomic mass is 15.0. The first-order valence-corrected chi connectivity index (χ1v) is 19.7. The third-order valence-corrected chi connectivity index (χ3v) is 11.3. The van der Waals surface area contributed by atoms with E-state index in [0.29, 0.717) is 17.5 Å². The van der Waals surface area contributed by atoms with Crippen LogP contribution in [-0.2, 0) is 0 Å². The monoisotopic (exact) mass is 737 g/mol. The predicted molar refractivity (Wildman–Crippen MR) is 242 cm³/mol. The molecule has 11 rings (SSSR count). The third-order valence-electron chi connectivity index (χ3n) is 11.3. The second-order valence-corrected chi connectivity index (χ2v) is 14.8. The predicted octanol–water partition coefficient (Wildman–Crippen LogP) is 14.5. The molecule has 0 N–H and O–H groups in total. The standard InChI is InChI=1S/C55H35N3/c1-3-13-36(14-4-1)39-23-27-41(28-24-39)54-56-53(40-17-5-2-6-18-40)57-55(58-54)46-31-32-49-50(35-46)52(45-30-26-38-16-8-10-20-43(38)34-45)48-22-12-11-21-47(48)51(49)44-29-25-37-15-7-9-19-42(37)33-44/h1-35H. The molecule has 0 aliphatic heterocycles. The van der Waals surface area contributed by atoms with Gasteiger partial charge in [0, 0.05) is 16.7 Å². The van der Waals surface area contributed by atoms with Crippen molar-refractivity contribution in [1.29, 1.82) is 0 Å². The summed E-state index contributed by atoms with van der Waals surface area (Å²) in [6.45, 7) is 0. The van der Waals surface area contributed by atoms with Crippen molar-refractivity contribution >= 4 is 43.1 Å². The van der Waals surface area contributed by atoms with Gasteiger partial charge in [-0.1, -0.05) is 194 Å². The van der Waals surface area contributed by atoms with Gasteiger partial charge in [-0.2, -0.15) is 0 Å². The SMILES string of the molecule is c1ccc(-c2ccc(-c3nc(-c4ccccc4)nc(-c4ccc5c(-c6ccc7ccccc7c6)c6ccccc6c(-c6ccc7ccccc7c6)c5c4)n3)cc2)cc1. The van der Waals surface area contributed by atoms with Gasteiger partial charge >= 0.3 is 0 Å². The second-order valence-electron chi connectivity index (χ2n) is 14.8. The first kappa shape index (κ1) is 33.6. The zero-order valence-corrected chi connectivity index (χ0v) is 31.5. The van der Waals surface area contributed by atoms with Crippen LogP contribution in [0.2, 0.25) is 0 Å². The average molecular weight is 738 g/mol. The van der Waals surface area contributed by atoms with E-state index in [-0.39, 0.29) is 0 Å². The van der Waals surface area contributed by atoms with Crippen LogP contribution >= 0.6 is 0 Å². The van der Waals surface area contributed by atoms with Gasteiger partial charge in [0.05, 0.1) is 0 Å². The van der Waals surface area contributed by atoms with Crippen LogP contribution in [0.4, 0.5) is 0 Å². The van der Waals surface area contributed by atoms with E-state index < -0.39 is 0 Å². The van der Waals surface area contributed by atoms with Crippen LogP contribution in [0.1, 0.15) is 0 Å². The molecule has 58 heavy (non-hydrogen) atoms. The van der Waals surface area contributed by atoms with Crippen molar-refractivity contribution in [2.45, 2.75) is 0 Å². The zero-order chi connectivity index (χ0) is 38.4. The lowest BCUT2D eigenvalue weighted by molar-refractivity contribution is 1.07. The van der Waals surface area contributed by atoms with Gasteiger partial charge in [-0.15, -0.1) is 0 Å². The van der Waals surface area contributed by atoms with Crippen molar-refractivity contribution < 1.29 is 0 Å². The van der Waals surface area contributed by atoms with E-state index in [9.17, 15) is 0 Å². The molecule has 0 aliphatic carbocycles. The van der Waals surface area contributed by atoms with E-state index >= 15 is 0 Å². The van der Waals surface area contributed by atoms with Gasteiger partial charge < -0.3 is 0 Å². The molecule has 0 aliphatic rings. The molecule has 3 nitrogen and oxygen atoms in total. The lowest BCUT2D eigenvalue weighted by atomic mass is 9.84. The number of hydrogen-bond acceptors (Lipinski definition) is 3. The Bertz CT molecular complexity index is 3320. The Kier molecular flexibility index (Phi) is 8.15. The fourth-order valence-corrected chi connectivity index (χ4v) is 8.42. The Labute approximate surface area is 336 Å². The number of aromatic nitrogens is 3. The van der Waals surface area contributed by atoms with Crippen molar-refractivity contribution in [3.05, 3.63) is 212 Å². The van der Waals surface area contributed by atoms with Gasteiger partial charge in [-0.05, 0) is 94.7 Å². The van der Waals surface area contributed by atoms with Crippen LogP contribution in [0.15, 0.2) is 212 Å². The molecule has 1 heterocycles. The Hall–Kier alpha value is -7.75. The highest BCUT2D eigenvalue weighted by molar-refractivity contribution is 6.22. The quantitative estimate of drug-likeness (QED) is 0.160. The number of benzene rings is 10. The van der Waals surface area contributed by atoms with Crippen LogP contribution in [0.25, 0.3) is 111 Å². The van der Waals surface area contributed by atoms with Crippen LogP contribution < -0.4 is 0 Å². The molecule has 10 aromatic carbocycles. The van der Waals surface area contributed by atoms with Crippen LogP contribution in [0, 0.1) is 0 Å². The van der Waals surface area contributed by atoms with Crippen LogP contribution in [-0.4, -0.2) is 15.0 Å². The van der Waals surface area contributed by atoms with Gasteiger partial charge in [0.15, 0.2) is 17.5 Å². The molecule has 3 heteroatoms. The molecule has 0 atom stereocenters. The minimum atomic E-state index is 0.628. The maximum atomic E-state index is 5.21. The average Bonchev–Trinajstić information content (AvgIpc) is 3.30. The summed E-state index contributed by atoms with van der Waals surface area (Å²) in [6, 6.07) is 75.5. The fraction of sp³-hybridized carbons (Fsp3) is 0. The maximum Gasteiger partial charge on any atom is 0.164 e. The molecule has 0 saturated heterocycles. The van der Waals surface area contributed by atoms with Gasteiger partial charge in [0.2, 0.25) is 0 Å². The topological polar surface area (TPSA) is 38.7 Å². The van der Waals surface area contributed by atoms with Gasteiger partial charge in [-0.25, -0.2) is 15.0 Å². The highest BCUT2D eigenvalue weighted by Gasteiger charge is 2.20. The van der Waals surface area contributed by atoms with Crippen molar-refractivity contribution in [3.8, 4) is 67.5 Å². The lowest BCUT2D eigenvalue weighted by Crippen LogP contribution is -2.00. The number of hydrogen-bond donors (Lipinski definition) is 0.